The van der Waals surface area contributed by atoms with Gasteiger partial charge in [0.25, 0.3) is 0 Å². The van der Waals surface area contributed by atoms with E-state index in [-0.39, 0.29) is 0 Å². The lowest BCUT2D eigenvalue weighted by Crippen LogP contribution is -2.21. The third-order valence-electron chi connectivity index (χ3n) is 2.66. The van der Waals surface area contributed by atoms with Crippen molar-refractivity contribution in [3.8, 4) is 0 Å². The summed E-state index contributed by atoms with van der Waals surface area (Å²) in [6, 6.07) is 0. The molecule has 0 saturated carbocycles. The first-order chi connectivity index (χ1) is 5.27. The van der Waals surface area contributed by atoms with Crippen LogP contribution in [0.4, 0.5) is 0 Å². The highest BCUT2D eigenvalue weighted by Crippen LogP contribution is 2.29. The lowest BCUT2D eigenvalue weighted by Gasteiger charge is -2.21. The van der Waals surface area contributed by atoms with Gasteiger partial charge in [0.05, 0.1) is 0 Å². The van der Waals surface area contributed by atoms with Crippen LogP contribution in [0.5, 0.6) is 0 Å². The molecule has 1 aliphatic rings. The molecule has 1 saturated heterocycles. The van der Waals surface area contributed by atoms with Crippen LogP contribution in [0.15, 0.2) is 0 Å². The maximum atomic E-state index is 3.42. The fraction of sp³-hybridized carbons (Fsp3) is 1.00. The first-order valence-corrected chi connectivity index (χ1v) is 4.62. The monoisotopic (exact) mass is 156 g/mol. The van der Waals surface area contributed by atoms with Crippen LogP contribution < -0.4 is 10.6 Å². The smallest absolute Gasteiger partial charge is 0.000565 e. The van der Waals surface area contributed by atoms with Crippen LogP contribution in [0.3, 0.4) is 0 Å². The van der Waals surface area contributed by atoms with Gasteiger partial charge in [-0.1, -0.05) is 6.92 Å². The fourth-order valence-corrected chi connectivity index (χ4v) is 1.77. The van der Waals surface area contributed by atoms with E-state index in [1.807, 2.05) is 7.05 Å². The molecule has 0 aromatic carbocycles. The topological polar surface area (TPSA) is 24.1 Å². The van der Waals surface area contributed by atoms with E-state index in [9.17, 15) is 0 Å². The zero-order chi connectivity index (χ0) is 8.16. The van der Waals surface area contributed by atoms with E-state index >= 15 is 0 Å². The van der Waals surface area contributed by atoms with E-state index < -0.39 is 0 Å². The van der Waals surface area contributed by atoms with E-state index in [0.29, 0.717) is 5.41 Å². The van der Waals surface area contributed by atoms with E-state index in [1.54, 1.807) is 0 Å². The molecule has 2 N–H and O–H groups in total. The number of nitrogens with one attached hydrogen (secondary N) is 2. The largest absolute Gasteiger partial charge is 0.320 e. The SMILES string of the molecule is CNCCCC1(C)CCNC1. The van der Waals surface area contributed by atoms with E-state index in [4.69, 9.17) is 0 Å². The van der Waals surface area contributed by atoms with Crippen LogP contribution in [0.2, 0.25) is 0 Å². The Balaban J connectivity index is 2.13. The van der Waals surface area contributed by atoms with Crippen molar-refractivity contribution < 1.29 is 0 Å². The number of rotatable bonds is 4. The van der Waals surface area contributed by atoms with Crippen molar-refractivity contribution in [2.75, 3.05) is 26.7 Å². The molecule has 0 amide bonds. The summed E-state index contributed by atoms with van der Waals surface area (Å²) in [5, 5.41) is 6.61. The maximum absolute atomic E-state index is 3.42. The Labute approximate surface area is 69.8 Å². The summed E-state index contributed by atoms with van der Waals surface area (Å²) in [5.41, 5.74) is 0.594. The average Bonchev–Trinajstić information content (AvgIpc) is 2.38. The molecule has 1 atom stereocenters. The van der Waals surface area contributed by atoms with Crippen molar-refractivity contribution in [1.29, 1.82) is 0 Å². The summed E-state index contributed by atoms with van der Waals surface area (Å²) in [4.78, 5) is 0. The first kappa shape index (κ1) is 9.01. The third kappa shape index (κ3) is 2.80. The molecule has 0 aromatic heterocycles. The van der Waals surface area contributed by atoms with Crippen LogP contribution in [0.1, 0.15) is 26.2 Å². The predicted molar refractivity (Wildman–Crippen MR) is 48.8 cm³/mol. The van der Waals surface area contributed by atoms with Crippen LogP contribution in [-0.4, -0.2) is 26.7 Å². The molecule has 1 rings (SSSR count). The second-order valence-corrected chi connectivity index (χ2v) is 3.94. The van der Waals surface area contributed by atoms with Gasteiger partial charge in [-0.05, 0) is 44.8 Å². The molecular weight excluding hydrogens is 136 g/mol. The molecule has 0 bridgehead atoms. The average molecular weight is 156 g/mol. The minimum atomic E-state index is 0.594. The molecule has 0 spiro atoms. The molecule has 1 fully saturated rings. The highest BCUT2D eigenvalue weighted by atomic mass is 14.9. The second-order valence-electron chi connectivity index (χ2n) is 3.94. The Kier molecular flexibility index (Phi) is 3.34. The predicted octanol–water partition coefficient (Wildman–Crippen LogP) is 0.986. The Morgan fingerprint density at radius 1 is 1.55 bits per heavy atom. The minimum Gasteiger partial charge on any atom is -0.320 e. The molecule has 1 aliphatic heterocycles. The molecule has 2 heteroatoms. The van der Waals surface area contributed by atoms with Gasteiger partial charge in [0.15, 0.2) is 0 Å². The summed E-state index contributed by atoms with van der Waals surface area (Å²) < 4.78 is 0. The van der Waals surface area contributed by atoms with Crippen LogP contribution in [0, 0.1) is 5.41 Å². The zero-order valence-corrected chi connectivity index (χ0v) is 7.74. The van der Waals surface area contributed by atoms with Gasteiger partial charge in [-0.3, -0.25) is 0 Å². The molecule has 1 unspecified atom stereocenters. The second kappa shape index (κ2) is 4.07. The molecular formula is C9H20N2. The van der Waals surface area contributed by atoms with Crippen molar-refractivity contribution in [2.24, 2.45) is 5.41 Å². The van der Waals surface area contributed by atoms with E-state index in [1.165, 1.54) is 32.4 Å². The van der Waals surface area contributed by atoms with Gasteiger partial charge >= 0.3 is 0 Å². The molecule has 2 nitrogen and oxygen atoms in total. The lowest BCUT2D eigenvalue weighted by molar-refractivity contribution is 0.323. The van der Waals surface area contributed by atoms with Gasteiger partial charge < -0.3 is 10.6 Å². The number of hydrogen-bond acceptors (Lipinski definition) is 2. The summed E-state index contributed by atoms with van der Waals surface area (Å²) in [6.45, 7) is 5.99. The van der Waals surface area contributed by atoms with Crippen LogP contribution in [-0.2, 0) is 0 Å². The minimum absolute atomic E-state index is 0.594. The Hall–Kier alpha value is -0.0800. The van der Waals surface area contributed by atoms with Gasteiger partial charge in [0, 0.05) is 6.54 Å². The van der Waals surface area contributed by atoms with Gasteiger partial charge in [0.1, 0.15) is 0 Å². The van der Waals surface area contributed by atoms with Crippen LogP contribution in [0.25, 0.3) is 0 Å². The molecule has 66 valence electrons. The summed E-state index contributed by atoms with van der Waals surface area (Å²) in [7, 11) is 2.02. The zero-order valence-electron chi connectivity index (χ0n) is 7.74. The Bertz CT molecular complexity index is 106. The Morgan fingerprint density at radius 2 is 2.36 bits per heavy atom. The van der Waals surface area contributed by atoms with Crippen molar-refractivity contribution in [2.45, 2.75) is 26.2 Å². The highest BCUT2D eigenvalue weighted by molar-refractivity contribution is 4.83. The third-order valence-corrected chi connectivity index (χ3v) is 2.66. The van der Waals surface area contributed by atoms with Crippen LogP contribution >= 0.6 is 0 Å². The number of hydrogen-bond donors (Lipinski definition) is 2. The Morgan fingerprint density at radius 3 is 2.91 bits per heavy atom. The summed E-state index contributed by atoms with van der Waals surface area (Å²) >= 11 is 0. The normalized spacial score (nSPS) is 31.1. The van der Waals surface area contributed by atoms with Crippen molar-refractivity contribution in [3.05, 3.63) is 0 Å². The summed E-state index contributed by atoms with van der Waals surface area (Å²) in [5.74, 6) is 0. The van der Waals surface area contributed by atoms with Gasteiger partial charge in [-0.25, -0.2) is 0 Å². The standard InChI is InChI=1S/C9H20N2/c1-9(4-3-6-10-2)5-7-11-8-9/h10-11H,3-8H2,1-2H3. The quantitative estimate of drug-likeness (QED) is 0.593. The fourth-order valence-electron chi connectivity index (χ4n) is 1.77. The van der Waals surface area contributed by atoms with Gasteiger partial charge in [0.2, 0.25) is 0 Å². The lowest BCUT2D eigenvalue weighted by atomic mass is 9.85. The molecule has 11 heavy (non-hydrogen) atoms. The highest BCUT2D eigenvalue weighted by Gasteiger charge is 2.27. The van der Waals surface area contributed by atoms with Crippen molar-refractivity contribution in [3.63, 3.8) is 0 Å². The maximum Gasteiger partial charge on any atom is 0.000565 e. The van der Waals surface area contributed by atoms with Gasteiger partial charge in [-0.2, -0.15) is 0 Å². The molecule has 0 aliphatic carbocycles. The summed E-state index contributed by atoms with van der Waals surface area (Å²) in [6.07, 6.45) is 4.03. The van der Waals surface area contributed by atoms with Crippen molar-refractivity contribution >= 4 is 0 Å². The molecule has 0 radical (unpaired) electrons. The first-order valence-electron chi connectivity index (χ1n) is 4.62. The van der Waals surface area contributed by atoms with E-state index in [2.05, 4.69) is 17.6 Å². The molecule has 1 heterocycles. The van der Waals surface area contributed by atoms with E-state index in [0.717, 1.165) is 6.54 Å². The molecule has 0 aromatic rings. The van der Waals surface area contributed by atoms with Crippen molar-refractivity contribution in [1.82, 2.24) is 10.6 Å². The van der Waals surface area contributed by atoms with Gasteiger partial charge in [-0.15, -0.1) is 0 Å².